The molecule has 120 valence electrons. The van der Waals surface area contributed by atoms with Gasteiger partial charge < -0.3 is 9.47 Å². The summed E-state index contributed by atoms with van der Waals surface area (Å²) in [5.41, 5.74) is 0. The van der Waals surface area contributed by atoms with E-state index in [0.29, 0.717) is 6.61 Å². The van der Waals surface area contributed by atoms with Crippen LogP contribution in [-0.4, -0.2) is 24.6 Å². The van der Waals surface area contributed by atoms with E-state index in [9.17, 15) is 9.59 Å². The van der Waals surface area contributed by atoms with Crippen molar-refractivity contribution in [1.82, 2.24) is 0 Å². The lowest BCUT2D eigenvalue weighted by molar-refractivity contribution is -0.146. The summed E-state index contributed by atoms with van der Waals surface area (Å²) in [5.74, 6) is 0.559. The molecule has 4 heteroatoms. The quantitative estimate of drug-likeness (QED) is 0.531. The Bertz CT molecular complexity index is 354. The van der Waals surface area contributed by atoms with Crippen molar-refractivity contribution < 1.29 is 19.1 Å². The number of carbonyl (C=O) groups is 2. The molecular formula is C17H28O4. The molecule has 1 rings (SSSR count). The Morgan fingerprint density at radius 2 is 1.71 bits per heavy atom. The van der Waals surface area contributed by atoms with Gasteiger partial charge in [-0.2, -0.15) is 0 Å². The number of esters is 2. The highest BCUT2D eigenvalue weighted by Crippen LogP contribution is 2.32. The number of carbonyl (C=O) groups excluding carboxylic acids is 2. The summed E-state index contributed by atoms with van der Waals surface area (Å²) in [7, 11) is 0. The van der Waals surface area contributed by atoms with Crippen LogP contribution in [0.25, 0.3) is 0 Å². The Kier molecular flexibility index (Phi) is 8.09. The fourth-order valence-corrected chi connectivity index (χ4v) is 2.70. The molecule has 1 saturated carbocycles. The van der Waals surface area contributed by atoms with Gasteiger partial charge in [-0.05, 0) is 43.9 Å². The Balaban J connectivity index is 2.27. The summed E-state index contributed by atoms with van der Waals surface area (Å²) < 4.78 is 10.2. The first-order chi connectivity index (χ1) is 10.1. The van der Waals surface area contributed by atoms with Crippen LogP contribution in [0.5, 0.6) is 0 Å². The molecule has 0 heterocycles. The van der Waals surface area contributed by atoms with Crippen LogP contribution < -0.4 is 0 Å². The predicted molar refractivity (Wildman–Crippen MR) is 81.7 cm³/mol. The molecule has 1 atom stereocenters. The molecule has 0 aromatic carbocycles. The Morgan fingerprint density at radius 1 is 1.10 bits per heavy atom. The average molecular weight is 296 g/mol. The smallest absolute Gasteiger partial charge is 0.331 e. The van der Waals surface area contributed by atoms with Crippen LogP contribution in [0, 0.1) is 11.8 Å². The van der Waals surface area contributed by atoms with Gasteiger partial charge in [-0.1, -0.05) is 27.2 Å². The SMILES string of the molecule is CCCOC(=O)/C=C/C(=O)OC1CCC(C(C)CC)CC1. The average Bonchev–Trinajstić information content (AvgIpc) is 2.50. The van der Waals surface area contributed by atoms with Crippen molar-refractivity contribution in [3.05, 3.63) is 12.2 Å². The van der Waals surface area contributed by atoms with Crippen molar-refractivity contribution in [2.75, 3.05) is 6.61 Å². The molecule has 4 nitrogen and oxygen atoms in total. The van der Waals surface area contributed by atoms with Gasteiger partial charge in [0, 0.05) is 12.2 Å². The third-order valence-corrected chi connectivity index (χ3v) is 4.25. The second-order valence-corrected chi connectivity index (χ2v) is 5.86. The van der Waals surface area contributed by atoms with Crippen LogP contribution in [-0.2, 0) is 19.1 Å². The fraction of sp³-hybridized carbons (Fsp3) is 0.765. The van der Waals surface area contributed by atoms with Crippen molar-refractivity contribution in [3.63, 3.8) is 0 Å². The van der Waals surface area contributed by atoms with Crippen LogP contribution in [0.4, 0.5) is 0 Å². The maximum absolute atomic E-state index is 11.6. The summed E-state index contributed by atoms with van der Waals surface area (Å²) in [6.07, 6.45) is 8.37. The van der Waals surface area contributed by atoms with Crippen molar-refractivity contribution in [2.24, 2.45) is 11.8 Å². The Morgan fingerprint density at radius 3 is 2.29 bits per heavy atom. The molecule has 0 spiro atoms. The minimum atomic E-state index is -0.491. The minimum absolute atomic E-state index is 0.00545. The third kappa shape index (κ3) is 6.78. The molecule has 1 aliphatic rings. The van der Waals surface area contributed by atoms with E-state index in [1.165, 1.54) is 12.5 Å². The van der Waals surface area contributed by atoms with Crippen molar-refractivity contribution in [3.8, 4) is 0 Å². The van der Waals surface area contributed by atoms with Crippen LogP contribution in [0.2, 0.25) is 0 Å². The zero-order valence-corrected chi connectivity index (χ0v) is 13.5. The molecule has 1 unspecified atom stereocenters. The van der Waals surface area contributed by atoms with Gasteiger partial charge in [0.25, 0.3) is 0 Å². The molecule has 0 amide bonds. The maximum atomic E-state index is 11.6. The van der Waals surface area contributed by atoms with Gasteiger partial charge in [0.2, 0.25) is 0 Å². The highest BCUT2D eigenvalue weighted by atomic mass is 16.5. The molecule has 21 heavy (non-hydrogen) atoms. The largest absolute Gasteiger partial charge is 0.463 e. The Hall–Kier alpha value is -1.32. The molecule has 0 N–H and O–H groups in total. The van der Waals surface area contributed by atoms with Gasteiger partial charge in [-0.25, -0.2) is 9.59 Å². The van der Waals surface area contributed by atoms with Gasteiger partial charge in [0.1, 0.15) is 6.10 Å². The first kappa shape index (κ1) is 17.7. The predicted octanol–water partition coefficient (Wildman–Crippen LogP) is 3.64. The van der Waals surface area contributed by atoms with Crippen LogP contribution in [0.15, 0.2) is 12.2 Å². The first-order valence-corrected chi connectivity index (χ1v) is 8.12. The monoisotopic (exact) mass is 296 g/mol. The Labute approximate surface area is 127 Å². The van der Waals surface area contributed by atoms with Gasteiger partial charge in [0.15, 0.2) is 0 Å². The van der Waals surface area contributed by atoms with E-state index in [0.717, 1.165) is 50.0 Å². The van der Waals surface area contributed by atoms with Gasteiger partial charge >= 0.3 is 11.9 Å². The summed E-state index contributed by atoms with van der Waals surface area (Å²) in [4.78, 5) is 22.9. The first-order valence-electron chi connectivity index (χ1n) is 8.12. The van der Waals surface area contributed by atoms with E-state index in [-0.39, 0.29) is 6.10 Å². The third-order valence-electron chi connectivity index (χ3n) is 4.25. The normalized spacial score (nSPS) is 23.8. The summed E-state index contributed by atoms with van der Waals surface area (Å²) in [5, 5.41) is 0. The number of hydrogen-bond acceptors (Lipinski definition) is 4. The highest BCUT2D eigenvalue weighted by molar-refractivity contribution is 5.91. The summed E-state index contributed by atoms with van der Waals surface area (Å²) >= 11 is 0. The van der Waals surface area contributed by atoms with E-state index >= 15 is 0 Å². The zero-order chi connectivity index (χ0) is 15.7. The van der Waals surface area contributed by atoms with E-state index in [2.05, 4.69) is 13.8 Å². The van der Waals surface area contributed by atoms with Gasteiger partial charge in [-0.3, -0.25) is 0 Å². The maximum Gasteiger partial charge on any atom is 0.331 e. The van der Waals surface area contributed by atoms with Crippen LogP contribution >= 0.6 is 0 Å². The van der Waals surface area contributed by atoms with E-state index < -0.39 is 11.9 Å². The molecule has 1 aliphatic carbocycles. The van der Waals surface area contributed by atoms with Crippen LogP contribution in [0.3, 0.4) is 0 Å². The molecule has 1 fully saturated rings. The van der Waals surface area contributed by atoms with E-state index in [1.54, 1.807) is 0 Å². The molecular weight excluding hydrogens is 268 g/mol. The lowest BCUT2D eigenvalue weighted by atomic mass is 9.79. The van der Waals surface area contributed by atoms with Crippen molar-refractivity contribution >= 4 is 11.9 Å². The fourth-order valence-electron chi connectivity index (χ4n) is 2.70. The lowest BCUT2D eigenvalue weighted by Crippen LogP contribution is -2.26. The zero-order valence-electron chi connectivity index (χ0n) is 13.5. The van der Waals surface area contributed by atoms with E-state index in [4.69, 9.17) is 9.47 Å². The summed E-state index contributed by atoms with van der Waals surface area (Å²) in [6.45, 7) is 6.81. The second kappa shape index (κ2) is 9.59. The molecule has 0 bridgehead atoms. The standard InChI is InChI=1S/C17H28O4/c1-4-12-20-16(18)10-11-17(19)21-15-8-6-14(7-9-15)13(3)5-2/h10-11,13-15H,4-9,12H2,1-3H3/b11-10+. The molecule has 0 radical (unpaired) electrons. The molecule has 0 aromatic heterocycles. The van der Waals surface area contributed by atoms with Gasteiger partial charge in [0.05, 0.1) is 6.61 Å². The number of hydrogen-bond donors (Lipinski definition) is 0. The number of ether oxygens (including phenoxy) is 2. The van der Waals surface area contributed by atoms with Gasteiger partial charge in [-0.15, -0.1) is 0 Å². The topological polar surface area (TPSA) is 52.6 Å². The minimum Gasteiger partial charge on any atom is -0.463 e. The number of rotatable bonds is 7. The van der Waals surface area contributed by atoms with Crippen molar-refractivity contribution in [1.29, 1.82) is 0 Å². The van der Waals surface area contributed by atoms with Crippen molar-refractivity contribution in [2.45, 2.75) is 65.4 Å². The highest BCUT2D eigenvalue weighted by Gasteiger charge is 2.26. The van der Waals surface area contributed by atoms with E-state index in [1.807, 2.05) is 6.92 Å². The molecule has 0 saturated heterocycles. The summed E-state index contributed by atoms with van der Waals surface area (Å²) in [6, 6.07) is 0. The van der Waals surface area contributed by atoms with Crippen LogP contribution in [0.1, 0.15) is 59.3 Å². The molecule has 0 aromatic rings. The lowest BCUT2D eigenvalue weighted by Gasteiger charge is -2.31. The molecule has 0 aliphatic heterocycles. The second-order valence-electron chi connectivity index (χ2n) is 5.86.